The van der Waals surface area contributed by atoms with E-state index in [9.17, 15) is 9.59 Å². The Balaban J connectivity index is 4.07. The molecule has 60 valence electrons. The van der Waals surface area contributed by atoms with E-state index in [4.69, 9.17) is 13.1 Å². The van der Waals surface area contributed by atoms with Gasteiger partial charge in [0, 0.05) is 5.92 Å². The summed E-state index contributed by atoms with van der Waals surface area (Å²) in [6.45, 7) is 1.70. The molecule has 2 atom stereocenters. The summed E-state index contributed by atoms with van der Waals surface area (Å²) in [5.41, 5.74) is 0. The third-order valence-corrected chi connectivity index (χ3v) is 1.46. The molecule has 0 saturated carbocycles. The summed E-state index contributed by atoms with van der Waals surface area (Å²) < 4.78 is 0. The molecule has 2 unspecified atom stereocenters. The van der Waals surface area contributed by atoms with E-state index in [2.05, 4.69) is 0 Å². The highest BCUT2D eigenvalue weighted by Crippen LogP contribution is 2.04. The molecule has 0 aromatic carbocycles. The lowest BCUT2D eigenvalue weighted by molar-refractivity contribution is -0.133. The number of hydrogen-bond donors (Lipinski definition) is 2. The monoisotopic (exact) mass is 155 g/mol. The van der Waals surface area contributed by atoms with E-state index in [0.29, 0.717) is 12.7 Å². The van der Waals surface area contributed by atoms with E-state index in [1.54, 1.807) is 12.2 Å². The number of nitrogens with one attached hydrogen (secondary N) is 1. The largest absolute Gasteiger partial charge is 0.407 e. The van der Waals surface area contributed by atoms with Crippen molar-refractivity contribution >= 4 is 20.2 Å². The minimum atomic E-state index is -1.33. The van der Waals surface area contributed by atoms with Gasteiger partial charge in [0.1, 0.15) is 12.4 Å². The second kappa shape index (κ2) is 4.90. The van der Waals surface area contributed by atoms with Crippen LogP contribution in [-0.2, 0) is 9.59 Å². The summed E-state index contributed by atoms with van der Waals surface area (Å²) in [6.07, 6.45) is -0.375. The summed E-state index contributed by atoms with van der Waals surface area (Å²) in [6, 6.07) is 0. The van der Waals surface area contributed by atoms with Crippen molar-refractivity contribution in [1.29, 1.82) is 0 Å². The topological polar surface area (TPSA) is 66.4 Å². The Kier molecular flexibility index (Phi) is 4.53. The van der Waals surface area contributed by atoms with E-state index >= 15 is 0 Å². The molecule has 11 heavy (non-hydrogen) atoms. The number of amides is 1. The van der Waals surface area contributed by atoms with Crippen LogP contribution < -0.4 is 5.23 Å². The Hall–Kier alpha value is -0.835. The van der Waals surface area contributed by atoms with Crippen molar-refractivity contribution in [2.24, 2.45) is 5.92 Å². The maximum atomic E-state index is 10.6. The molecule has 0 aliphatic carbocycles. The van der Waals surface area contributed by atoms with Crippen LogP contribution in [-0.4, -0.2) is 31.4 Å². The summed E-state index contributed by atoms with van der Waals surface area (Å²) in [7, 11) is 4.74. The number of hydrogen-bond acceptors (Lipinski definition) is 3. The molecule has 5 heteroatoms. The van der Waals surface area contributed by atoms with E-state index in [1.165, 1.54) is 0 Å². The van der Waals surface area contributed by atoms with Crippen molar-refractivity contribution in [2.75, 3.05) is 0 Å². The van der Waals surface area contributed by atoms with Crippen LogP contribution in [0, 0.1) is 5.92 Å². The minimum Gasteiger partial charge on any atom is -0.407 e. The molecular formula is C6H10BNO3. The first-order valence-electron chi connectivity index (χ1n) is 3.31. The molecule has 0 spiro atoms. The fourth-order valence-electron chi connectivity index (χ4n) is 0.674. The highest BCUT2D eigenvalue weighted by atomic mass is 16.3. The Morgan fingerprint density at radius 2 is 2.36 bits per heavy atom. The van der Waals surface area contributed by atoms with Gasteiger partial charge >= 0.3 is 0 Å². The van der Waals surface area contributed by atoms with Crippen molar-refractivity contribution in [3.8, 4) is 0 Å². The van der Waals surface area contributed by atoms with Crippen LogP contribution >= 0.6 is 0 Å². The molecule has 0 saturated heterocycles. The van der Waals surface area contributed by atoms with Crippen molar-refractivity contribution in [3.05, 3.63) is 0 Å². The SMILES string of the molecule is [B]NC(=O)C(O)C(C=O)CC. The fraction of sp³-hybridized carbons (Fsp3) is 0.667. The van der Waals surface area contributed by atoms with Gasteiger partial charge in [-0.15, -0.1) is 0 Å². The van der Waals surface area contributed by atoms with Crippen LogP contribution in [0.1, 0.15) is 13.3 Å². The van der Waals surface area contributed by atoms with Gasteiger partial charge in [-0.25, -0.2) is 0 Å². The Morgan fingerprint density at radius 3 is 2.64 bits per heavy atom. The number of aldehydes is 1. The van der Waals surface area contributed by atoms with Crippen LogP contribution in [0.25, 0.3) is 0 Å². The standard InChI is InChI=1S/C6H10BNO3/c1-2-4(3-9)5(10)6(11)8-7/h3-5,10H,2H2,1H3,(H,8,11). The molecule has 4 nitrogen and oxygen atoms in total. The summed E-state index contributed by atoms with van der Waals surface area (Å²) in [4.78, 5) is 20.8. The van der Waals surface area contributed by atoms with Crippen molar-refractivity contribution < 1.29 is 14.7 Å². The Morgan fingerprint density at radius 1 is 1.82 bits per heavy atom. The minimum absolute atomic E-state index is 0.415. The van der Waals surface area contributed by atoms with Crippen LogP contribution in [0.4, 0.5) is 0 Å². The first-order valence-corrected chi connectivity index (χ1v) is 3.31. The second-order valence-corrected chi connectivity index (χ2v) is 2.16. The number of carbonyl (C=O) groups is 2. The molecule has 0 aliphatic rings. The highest BCUT2D eigenvalue weighted by molar-refractivity contribution is 6.15. The smallest absolute Gasteiger partial charge is 0.236 e. The molecular weight excluding hydrogens is 145 g/mol. The first kappa shape index (κ1) is 10.2. The lowest BCUT2D eigenvalue weighted by Gasteiger charge is -2.13. The predicted molar refractivity (Wildman–Crippen MR) is 39.7 cm³/mol. The average molecular weight is 155 g/mol. The zero-order valence-electron chi connectivity index (χ0n) is 6.28. The molecule has 0 fully saturated rings. The molecule has 0 heterocycles. The van der Waals surface area contributed by atoms with Gasteiger partial charge < -0.3 is 15.1 Å². The van der Waals surface area contributed by atoms with Gasteiger partial charge in [0.15, 0.2) is 0 Å². The number of aliphatic hydroxyl groups is 1. The van der Waals surface area contributed by atoms with Gasteiger partial charge in [0.25, 0.3) is 0 Å². The molecule has 0 bridgehead atoms. The number of rotatable bonds is 4. The highest BCUT2D eigenvalue weighted by Gasteiger charge is 2.22. The maximum absolute atomic E-state index is 10.6. The maximum Gasteiger partial charge on any atom is 0.236 e. The van der Waals surface area contributed by atoms with Crippen molar-refractivity contribution in [3.63, 3.8) is 0 Å². The normalized spacial score (nSPS) is 15.1. The van der Waals surface area contributed by atoms with Crippen LogP contribution in [0.5, 0.6) is 0 Å². The fourth-order valence-corrected chi connectivity index (χ4v) is 0.674. The Labute approximate surface area is 66.4 Å². The summed E-state index contributed by atoms with van der Waals surface area (Å²) in [5.74, 6) is -1.40. The molecule has 0 aromatic heterocycles. The van der Waals surface area contributed by atoms with Gasteiger partial charge in [-0.05, 0) is 6.42 Å². The van der Waals surface area contributed by atoms with Gasteiger partial charge in [0.05, 0.1) is 0 Å². The molecule has 0 aromatic rings. The van der Waals surface area contributed by atoms with E-state index in [-0.39, 0.29) is 0 Å². The van der Waals surface area contributed by atoms with Gasteiger partial charge in [-0.2, -0.15) is 0 Å². The van der Waals surface area contributed by atoms with Gasteiger partial charge in [-0.3, -0.25) is 4.79 Å². The third kappa shape index (κ3) is 2.71. The van der Waals surface area contributed by atoms with Crippen molar-refractivity contribution in [1.82, 2.24) is 5.23 Å². The zero-order valence-corrected chi connectivity index (χ0v) is 6.28. The molecule has 0 rings (SSSR count). The third-order valence-electron chi connectivity index (χ3n) is 1.46. The van der Waals surface area contributed by atoms with Gasteiger partial charge in [-0.1, -0.05) is 6.92 Å². The lowest BCUT2D eigenvalue weighted by atomic mass is 10.0. The predicted octanol–water partition coefficient (Wildman–Crippen LogP) is -1.23. The first-order chi connectivity index (χ1) is 5.17. The van der Waals surface area contributed by atoms with Crippen molar-refractivity contribution in [2.45, 2.75) is 19.4 Å². The molecule has 2 N–H and O–H groups in total. The van der Waals surface area contributed by atoms with Crippen LogP contribution in [0.15, 0.2) is 0 Å². The average Bonchev–Trinajstić information content (AvgIpc) is 2.05. The van der Waals surface area contributed by atoms with E-state index in [0.717, 1.165) is 0 Å². The summed E-state index contributed by atoms with van der Waals surface area (Å²) in [5, 5.41) is 10.8. The quantitative estimate of drug-likeness (QED) is 0.394. The Bertz CT molecular complexity index is 151. The van der Waals surface area contributed by atoms with Crippen LogP contribution in [0.3, 0.4) is 0 Å². The summed E-state index contributed by atoms with van der Waals surface area (Å²) >= 11 is 0. The van der Waals surface area contributed by atoms with E-state index in [1.807, 2.05) is 0 Å². The molecule has 2 radical (unpaired) electrons. The van der Waals surface area contributed by atoms with E-state index < -0.39 is 17.9 Å². The second-order valence-electron chi connectivity index (χ2n) is 2.16. The van der Waals surface area contributed by atoms with Gasteiger partial charge in [0.2, 0.25) is 13.9 Å². The molecule has 0 aliphatic heterocycles. The number of aliphatic hydroxyl groups excluding tert-OH is 1. The van der Waals surface area contributed by atoms with Crippen LogP contribution in [0.2, 0.25) is 0 Å². The number of carbonyl (C=O) groups excluding carboxylic acids is 2. The zero-order chi connectivity index (χ0) is 8.85. The lowest BCUT2D eigenvalue weighted by Crippen LogP contribution is -2.38. The molecule has 1 amide bonds.